The molecule has 1 saturated heterocycles. The van der Waals surface area contributed by atoms with E-state index in [1.807, 2.05) is 0 Å². The number of rotatable bonds is 5. The normalized spacial score (nSPS) is 33.9. The van der Waals surface area contributed by atoms with Crippen molar-refractivity contribution in [3.8, 4) is 0 Å². The summed E-state index contributed by atoms with van der Waals surface area (Å²) in [6, 6.07) is 0. The van der Waals surface area contributed by atoms with Crippen molar-refractivity contribution in [2.24, 2.45) is 29.6 Å². The zero-order valence-electron chi connectivity index (χ0n) is 19.5. The minimum absolute atomic E-state index is 0.00791. The molecule has 0 spiro atoms. The molecule has 1 aliphatic heterocycles. The lowest BCUT2D eigenvalue weighted by atomic mass is 9.60. The first-order valence-electron chi connectivity index (χ1n) is 11.0. The van der Waals surface area contributed by atoms with Gasteiger partial charge in [-0.25, -0.2) is 4.79 Å². The third kappa shape index (κ3) is 4.65. The maximum Gasteiger partial charge on any atom is 0.407 e. The van der Waals surface area contributed by atoms with Crippen LogP contribution in [0.15, 0.2) is 0 Å². The highest BCUT2D eigenvalue weighted by atomic mass is 28.4. The number of aliphatic carboxylic acids is 1. The minimum atomic E-state index is -2.22. The van der Waals surface area contributed by atoms with Gasteiger partial charge < -0.3 is 19.5 Å². The Morgan fingerprint density at radius 3 is 2.17 bits per heavy atom. The van der Waals surface area contributed by atoms with Crippen molar-refractivity contribution in [1.29, 1.82) is 0 Å². The molecule has 0 aromatic heterocycles. The summed E-state index contributed by atoms with van der Waals surface area (Å²) >= 11 is 0. The van der Waals surface area contributed by atoms with Crippen LogP contribution in [-0.2, 0) is 9.22 Å². The molecule has 5 atom stereocenters. The Balaban J connectivity index is 2.62. The largest absolute Gasteiger partial charge is 0.481 e. The van der Waals surface area contributed by atoms with Gasteiger partial charge in [-0.2, -0.15) is 0 Å². The van der Waals surface area contributed by atoms with Crippen LogP contribution in [0.25, 0.3) is 0 Å². The van der Waals surface area contributed by atoms with Crippen molar-refractivity contribution in [2.45, 2.75) is 84.5 Å². The highest BCUT2D eigenvalue weighted by Crippen LogP contribution is 2.54. The molecule has 1 heterocycles. The zero-order valence-corrected chi connectivity index (χ0v) is 20.5. The van der Waals surface area contributed by atoms with Gasteiger partial charge in [0.2, 0.25) is 0 Å². The molecule has 0 aromatic rings. The van der Waals surface area contributed by atoms with Gasteiger partial charge in [0.05, 0.1) is 11.5 Å². The molecular formula is C22H41NO5Si. The first kappa shape index (κ1) is 24.2. The van der Waals surface area contributed by atoms with Crippen LogP contribution in [0.3, 0.4) is 0 Å². The SMILES string of the molecule is CC1CCC(C(C)C)C(O[Si](C)(C)C(C)(C)C)([C@H]2CN(C(=O)O)C[C@@H]2C(=O)O)C1. The van der Waals surface area contributed by atoms with Crippen molar-refractivity contribution in [3.05, 3.63) is 0 Å². The third-order valence-electron chi connectivity index (χ3n) is 7.86. The molecule has 1 saturated carbocycles. The number of carbonyl (C=O) groups is 2. The fourth-order valence-corrected chi connectivity index (χ4v) is 7.00. The van der Waals surface area contributed by atoms with E-state index in [2.05, 4.69) is 54.6 Å². The fraction of sp³-hybridized carbons (Fsp3) is 0.909. The first-order chi connectivity index (χ1) is 13.1. The van der Waals surface area contributed by atoms with Gasteiger partial charge in [-0.1, -0.05) is 48.0 Å². The van der Waals surface area contributed by atoms with Crippen LogP contribution >= 0.6 is 0 Å². The van der Waals surface area contributed by atoms with Crippen LogP contribution in [-0.4, -0.2) is 54.2 Å². The minimum Gasteiger partial charge on any atom is -0.481 e. The molecule has 168 valence electrons. The highest BCUT2D eigenvalue weighted by molar-refractivity contribution is 6.74. The quantitative estimate of drug-likeness (QED) is 0.593. The van der Waals surface area contributed by atoms with Crippen molar-refractivity contribution in [1.82, 2.24) is 4.90 Å². The Morgan fingerprint density at radius 2 is 1.72 bits per heavy atom. The van der Waals surface area contributed by atoms with Crippen molar-refractivity contribution >= 4 is 20.4 Å². The molecule has 0 bridgehead atoms. The Hall–Kier alpha value is -1.08. The summed E-state index contributed by atoms with van der Waals surface area (Å²) in [5.41, 5.74) is -0.595. The average molecular weight is 428 g/mol. The Morgan fingerprint density at radius 1 is 1.14 bits per heavy atom. The van der Waals surface area contributed by atoms with E-state index >= 15 is 0 Å². The van der Waals surface area contributed by atoms with Gasteiger partial charge >= 0.3 is 12.1 Å². The van der Waals surface area contributed by atoms with Crippen LogP contribution < -0.4 is 0 Å². The summed E-state index contributed by atoms with van der Waals surface area (Å²) in [6.07, 6.45) is 1.89. The van der Waals surface area contributed by atoms with Gasteiger partial charge in [0.15, 0.2) is 8.32 Å². The monoisotopic (exact) mass is 427 g/mol. The number of amides is 1. The highest BCUT2D eigenvalue weighted by Gasteiger charge is 2.60. The Kier molecular flexibility index (Phi) is 6.85. The van der Waals surface area contributed by atoms with Crippen molar-refractivity contribution in [3.63, 3.8) is 0 Å². The van der Waals surface area contributed by atoms with E-state index in [-0.39, 0.29) is 30.0 Å². The van der Waals surface area contributed by atoms with Crippen molar-refractivity contribution < 1.29 is 24.2 Å². The Bertz CT molecular complexity index is 629. The molecular weight excluding hydrogens is 386 g/mol. The van der Waals surface area contributed by atoms with Gasteiger partial charge in [0.25, 0.3) is 0 Å². The van der Waals surface area contributed by atoms with Gasteiger partial charge in [0.1, 0.15) is 0 Å². The lowest BCUT2D eigenvalue weighted by Gasteiger charge is -2.57. The third-order valence-corrected chi connectivity index (χ3v) is 12.4. The van der Waals surface area contributed by atoms with E-state index in [1.165, 1.54) is 4.90 Å². The number of carboxylic acids is 1. The van der Waals surface area contributed by atoms with Crippen LogP contribution in [0.4, 0.5) is 4.79 Å². The van der Waals surface area contributed by atoms with E-state index in [9.17, 15) is 19.8 Å². The van der Waals surface area contributed by atoms with E-state index < -0.39 is 31.9 Å². The number of hydrogen-bond acceptors (Lipinski definition) is 3. The molecule has 7 heteroatoms. The number of hydrogen-bond donors (Lipinski definition) is 2. The molecule has 29 heavy (non-hydrogen) atoms. The predicted octanol–water partition coefficient (Wildman–Crippen LogP) is 5.15. The van der Waals surface area contributed by atoms with E-state index in [1.54, 1.807) is 0 Å². The predicted molar refractivity (Wildman–Crippen MR) is 117 cm³/mol. The maximum absolute atomic E-state index is 12.2. The first-order valence-corrected chi connectivity index (χ1v) is 13.9. The molecule has 2 rings (SSSR count). The van der Waals surface area contributed by atoms with Gasteiger partial charge in [0, 0.05) is 19.0 Å². The Labute approximate surface area is 177 Å². The van der Waals surface area contributed by atoms with E-state index in [4.69, 9.17) is 4.43 Å². The number of likely N-dealkylation sites (tertiary alicyclic amines) is 1. The maximum atomic E-state index is 12.2. The second kappa shape index (κ2) is 8.21. The summed E-state index contributed by atoms with van der Waals surface area (Å²) < 4.78 is 7.22. The molecule has 2 fully saturated rings. The lowest BCUT2D eigenvalue weighted by Crippen LogP contribution is -2.61. The van der Waals surface area contributed by atoms with Crippen molar-refractivity contribution in [2.75, 3.05) is 13.1 Å². The molecule has 1 aliphatic carbocycles. The van der Waals surface area contributed by atoms with Crippen LogP contribution in [0.2, 0.25) is 18.1 Å². The summed E-state index contributed by atoms with van der Waals surface area (Å²) in [5, 5.41) is 19.6. The zero-order chi connectivity index (χ0) is 22.4. The smallest absolute Gasteiger partial charge is 0.407 e. The van der Waals surface area contributed by atoms with E-state index in [0.717, 1.165) is 19.3 Å². The van der Waals surface area contributed by atoms with Gasteiger partial charge in [-0.3, -0.25) is 4.79 Å². The van der Waals surface area contributed by atoms with Crippen LogP contribution in [0.1, 0.15) is 60.8 Å². The summed E-state index contributed by atoms with van der Waals surface area (Å²) in [7, 11) is -2.22. The molecule has 0 radical (unpaired) electrons. The molecule has 2 N–H and O–H groups in total. The number of carboxylic acid groups (broad SMARTS) is 2. The van der Waals surface area contributed by atoms with E-state index in [0.29, 0.717) is 11.8 Å². The van der Waals surface area contributed by atoms with Gasteiger partial charge in [-0.05, 0) is 48.7 Å². The standard InChI is InChI=1S/C22H41NO5Si/c1-14(2)17-10-9-15(3)11-22(17,28-29(7,8)21(4,5)6)18-13-23(20(26)27)12-16(18)19(24)25/h14-18H,9-13H2,1-8H3,(H,24,25)(H,26,27)/t15?,16-,17?,18-,22?/m0/s1. The number of nitrogens with zero attached hydrogens (tertiary/aromatic N) is 1. The lowest BCUT2D eigenvalue weighted by molar-refractivity contribution is -0.154. The summed E-state index contributed by atoms with van der Waals surface area (Å²) in [5.74, 6) is -0.933. The van der Waals surface area contributed by atoms with Crippen LogP contribution in [0, 0.1) is 29.6 Å². The average Bonchev–Trinajstić information content (AvgIpc) is 2.99. The molecule has 6 nitrogen and oxygen atoms in total. The molecule has 2 aliphatic rings. The second-order valence-corrected chi connectivity index (χ2v) is 16.0. The fourth-order valence-electron chi connectivity index (χ4n) is 5.36. The second-order valence-electron chi connectivity index (χ2n) is 11.3. The molecule has 0 aromatic carbocycles. The van der Waals surface area contributed by atoms with Gasteiger partial charge in [-0.15, -0.1) is 0 Å². The molecule has 3 unspecified atom stereocenters. The summed E-state index contributed by atoms with van der Waals surface area (Å²) in [6.45, 7) is 18.0. The molecule has 1 amide bonds. The van der Waals surface area contributed by atoms with Crippen LogP contribution in [0.5, 0.6) is 0 Å². The summed E-state index contributed by atoms with van der Waals surface area (Å²) in [4.78, 5) is 25.2. The topological polar surface area (TPSA) is 87.1 Å².